The Morgan fingerprint density at radius 2 is 1.69 bits per heavy atom. The monoisotopic (exact) mass is 746 g/mol. The van der Waals surface area contributed by atoms with Gasteiger partial charge in [0, 0.05) is 70.9 Å². The van der Waals surface area contributed by atoms with E-state index in [-0.39, 0.29) is 62.6 Å². The molecule has 7 rings (SSSR count). The summed E-state index contributed by atoms with van der Waals surface area (Å²) >= 11 is 0. The van der Waals surface area contributed by atoms with Gasteiger partial charge in [-0.25, -0.2) is 14.8 Å². The van der Waals surface area contributed by atoms with E-state index in [1.54, 1.807) is 50.2 Å². The fourth-order valence-corrected chi connectivity index (χ4v) is 8.27. The first kappa shape index (κ1) is 37.6. The zero-order valence-corrected chi connectivity index (χ0v) is 31.6. The third kappa shape index (κ3) is 7.80. The lowest BCUT2D eigenvalue weighted by Gasteiger charge is -2.55. The Balaban J connectivity index is 1.21. The van der Waals surface area contributed by atoms with Crippen LogP contribution >= 0.6 is 0 Å². The minimum atomic E-state index is -0.915. The van der Waals surface area contributed by atoms with Crippen molar-refractivity contribution >= 4 is 34.7 Å². The topological polar surface area (TPSA) is 125 Å². The molecular weight excluding hydrogens is 697 g/mol. The molecule has 3 fully saturated rings. The van der Waals surface area contributed by atoms with E-state index in [1.807, 2.05) is 71.2 Å². The maximum atomic E-state index is 14.7. The van der Waals surface area contributed by atoms with Crippen LogP contribution in [0.15, 0.2) is 91.6 Å². The van der Waals surface area contributed by atoms with Crippen molar-refractivity contribution in [3.8, 4) is 5.75 Å². The molecule has 3 saturated heterocycles. The van der Waals surface area contributed by atoms with Gasteiger partial charge in [0.25, 0.3) is 5.91 Å². The number of aromatic nitrogens is 1. The summed E-state index contributed by atoms with van der Waals surface area (Å²) in [7, 11) is 1.92. The maximum absolute atomic E-state index is 14.7. The molecule has 13 nitrogen and oxygen atoms in total. The number of carbonyl (C=O) groups is 4. The minimum Gasteiger partial charge on any atom is -0.508 e. The quantitative estimate of drug-likeness (QED) is 0.224. The summed E-state index contributed by atoms with van der Waals surface area (Å²) in [5.74, 6) is -0.412. The second-order valence-electron chi connectivity index (χ2n) is 14.6. The predicted octanol–water partition coefficient (Wildman–Crippen LogP) is 3.79. The zero-order chi connectivity index (χ0) is 38.6. The maximum Gasteiger partial charge on any atom is 0.334 e. The number of urea groups is 1. The Morgan fingerprint density at radius 1 is 0.945 bits per heavy atom. The van der Waals surface area contributed by atoms with Crippen LogP contribution in [0.2, 0.25) is 0 Å². The molecule has 0 bridgehead atoms. The van der Waals surface area contributed by atoms with Crippen LogP contribution < -0.4 is 5.32 Å². The molecule has 2 N–H and O–H groups in total. The molecule has 4 heterocycles. The third-order valence-corrected chi connectivity index (χ3v) is 10.9. The molecule has 55 heavy (non-hydrogen) atoms. The van der Waals surface area contributed by atoms with Gasteiger partial charge in [-0.15, -0.1) is 6.58 Å². The van der Waals surface area contributed by atoms with Gasteiger partial charge in [0.15, 0.2) is 0 Å². The normalized spacial score (nSPS) is 19.5. The standard InChI is InChI=1S/C42H50N8O5/c1-4-18-45-20-22-46(23-21-45)40(53)35-27-44(3)39-32(12-9-13-34(35)39)26-47-28-37-49(36(41(47)54)24-30-14-16-33(51)17-15-30)38(52)29-48(19-5-2)50(37)42(55)43-25-31-10-7-6-8-11-31/h5-17,27,36-37,51H,2,4,18-26,28-29H2,1,3H3,(H,43,55)/t36-,37-/m0/s1. The van der Waals surface area contributed by atoms with Crippen molar-refractivity contribution in [3.05, 3.63) is 114 Å². The molecule has 1 aromatic heterocycles. The van der Waals surface area contributed by atoms with E-state index < -0.39 is 18.2 Å². The number of piperazine rings is 2. The number of aryl methyl sites for hydroxylation is 1. The number of hydrazine groups is 1. The van der Waals surface area contributed by atoms with Crippen molar-refractivity contribution in [2.75, 3.05) is 52.4 Å². The fourth-order valence-electron chi connectivity index (χ4n) is 8.27. The Labute approximate surface area is 321 Å². The number of phenols is 1. The number of amides is 5. The molecule has 13 heteroatoms. The van der Waals surface area contributed by atoms with Crippen LogP contribution in [-0.2, 0) is 36.1 Å². The van der Waals surface area contributed by atoms with Crippen molar-refractivity contribution in [1.82, 2.24) is 39.5 Å². The van der Waals surface area contributed by atoms with Crippen LogP contribution in [0, 0.1) is 0 Å². The largest absolute Gasteiger partial charge is 0.508 e. The summed E-state index contributed by atoms with van der Waals surface area (Å²) in [6.45, 7) is 10.8. The Hall–Kier alpha value is -5.66. The van der Waals surface area contributed by atoms with Gasteiger partial charge in [0.1, 0.15) is 18.0 Å². The van der Waals surface area contributed by atoms with Gasteiger partial charge >= 0.3 is 6.03 Å². The van der Waals surface area contributed by atoms with E-state index in [4.69, 9.17) is 0 Å². The zero-order valence-electron chi connectivity index (χ0n) is 31.6. The average Bonchev–Trinajstić information content (AvgIpc) is 3.53. The summed E-state index contributed by atoms with van der Waals surface area (Å²) in [6, 6.07) is 20.7. The van der Waals surface area contributed by atoms with Crippen molar-refractivity contribution in [3.63, 3.8) is 0 Å². The van der Waals surface area contributed by atoms with Crippen LogP contribution in [0.1, 0.15) is 40.4 Å². The third-order valence-electron chi connectivity index (χ3n) is 10.9. The van der Waals surface area contributed by atoms with Gasteiger partial charge in [-0.05, 0) is 41.8 Å². The van der Waals surface area contributed by atoms with Crippen molar-refractivity contribution in [2.45, 2.75) is 45.1 Å². The predicted molar refractivity (Wildman–Crippen MR) is 209 cm³/mol. The Morgan fingerprint density at radius 3 is 2.40 bits per heavy atom. The molecule has 5 amide bonds. The van der Waals surface area contributed by atoms with E-state index in [9.17, 15) is 24.3 Å². The summed E-state index contributed by atoms with van der Waals surface area (Å²) in [6.07, 6.45) is 4.00. The number of phenolic OH excluding ortho intramolecular Hbond substituents is 1. The van der Waals surface area contributed by atoms with Crippen LogP contribution in [0.5, 0.6) is 5.75 Å². The molecule has 3 aliphatic heterocycles. The highest BCUT2D eigenvalue weighted by atomic mass is 16.3. The summed E-state index contributed by atoms with van der Waals surface area (Å²) < 4.78 is 1.96. The van der Waals surface area contributed by atoms with Crippen LogP contribution in [0.4, 0.5) is 4.79 Å². The number of carbonyl (C=O) groups excluding carboxylic acids is 4. The number of benzene rings is 3. The average molecular weight is 747 g/mol. The lowest BCUT2D eigenvalue weighted by atomic mass is 9.98. The second kappa shape index (κ2) is 16.4. The van der Waals surface area contributed by atoms with Crippen LogP contribution in [0.25, 0.3) is 10.9 Å². The Bertz CT molecular complexity index is 2040. The van der Waals surface area contributed by atoms with Gasteiger partial charge in [-0.1, -0.05) is 73.7 Å². The molecule has 0 radical (unpaired) electrons. The van der Waals surface area contributed by atoms with E-state index in [1.165, 1.54) is 0 Å². The highest BCUT2D eigenvalue weighted by Crippen LogP contribution is 2.32. The molecule has 288 valence electrons. The fraction of sp³-hybridized carbons (Fsp3) is 0.381. The van der Waals surface area contributed by atoms with Crippen molar-refractivity contribution in [2.24, 2.45) is 7.05 Å². The highest BCUT2D eigenvalue weighted by molar-refractivity contribution is 6.07. The number of para-hydroxylation sites is 1. The minimum absolute atomic E-state index is 0.00210. The summed E-state index contributed by atoms with van der Waals surface area (Å²) in [5, 5.41) is 17.1. The van der Waals surface area contributed by atoms with E-state index >= 15 is 0 Å². The van der Waals surface area contributed by atoms with E-state index in [0.29, 0.717) is 18.7 Å². The van der Waals surface area contributed by atoms with Gasteiger partial charge in [-0.3, -0.25) is 19.3 Å². The first-order valence-corrected chi connectivity index (χ1v) is 19.1. The first-order chi connectivity index (χ1) is 26.7. The molecular formula is C42H50N8O5. The lowest BCUT2D eigenvalue weighted by Crippen LogP contribution is -2.76. The molecule has 4 aromatic rings. The van der Waals surface area contributed by atoms with Crippen molar-refractivity contribution in [1.29, 1.82) is 0 Å². The number of aromatic hydroxyl groups is 1. The second-order valence-corrected chi connectivity index (χ2v) is 14.6. The van der Waals surface area contributed by atoms with Gasteiger partial charge in [-0.2, -0.15) is 0 Å². The Kier molecular flexibility index (Phi) is 11.2. The number of hydrogen-bond donors (Lipinski definition) is 2. The molecule has 0 saturated carbocycles. The van der Waals surface area contributed by atoms with E-state index in [2.05, 4.69) is 23.7 Å². The summed E-state index contributed by atoms with van der Waals surface area (Å²) in [4.78, 5) is 64.4. The molecule has 3 aromatic carbocycles. The number of fused-ring (bicyclic) bond motifs is 2. The van der Waals surface area contributed by atoms with Gasteiger partial charge < -0.3 is 29.7 Å². The van der Waals surface area contributed by atoms with Crippen LogP contribution in [-0.4, -0.2) is 128 Å². The number of hydrogen-bond acceptors (Lipinski definition) is 7. The molecule has 2 atom stereocenters. The summed E-state index contributed by atoms with van der Waals surface area (Å²) in [5.41, 5.74) is 4.02. The number of nitrogens with one attached hydrogen (secondary N) is 1. The lowest BCUT2D eigenvalue weighted by molar-refractivity contribution is -0.189. The smallest absolute Gasteiger partial charge is 0.334 e. The van der Waals surface area contributed by atoms with Crippen molar-refractivity contribution < 1.29 is 24.3 Å². The first-order valence-electron chi connectivity index (χ1n) is 19.1. The van der Waals surface area contributed by atoms with Crippen LogP contribution in [0.3, 0.4) is 0 Å². The molecule has 0 aliphatic carbocycles. The van der Waals surface area contributed by atoms with Gasteiger partial charge in [0.05, 0.1) is 24.2 Å². The molecule has 3 aliphatic rings. The number of nitrogens with zero attached hydrogens (tertiary/aromatic N) is 7. The molecule has 0 spiro atoms. The SMILES string of the molecule is C=CCN1CC(=O)N2[C@@H](Cc3ccc(O)cc3)C(=O)N(Cc3cccc4c(C(=O)N5CCN(CCC)CC5)cn(C)c34)C[C@@H]2N1C(=O)NCc1ccccc1. The highest BCUT2D eigenvalue weighted by Gasteiger charge is 2.51. The number of rotatable bonds is 11. The molecule has 0 unspecified atom stereocenters. The van der Waals surface area contributed by atoms with Gasteiger partial charge in [0.2, 0.25) is 11.8 Å². The van der Waals surface area contributed by atoms with E-state index in [0.717, 1.165) is 53.6 Å².